The highest BCUT2D eigenvalue weighted by molar-refractivity contribution is 5.94. The molecule has 0 unspecified atom stereocenters. The van der Waals surface area contributed by atoms with E-state index in [2.05, 4.69) is 24.3 Å². The van der Waals surface area contributed by atoms with Crippen molar-refractivity contribution in [1.29, 1.82) is 0 Å². The van der Waals surface area contributed by atoms with Crippen molar-refractivity contribution >= 4 is 24.0 Å². The number of fused-ring (bicyclic) bond motifs is 3. The summed E-state index contributed by atoms with van der Waals surface area (Å²) in [5.74, 6) is -1.05. The fourth-order valence-electron chi connectivity index (χ4n) is 5.08. The van der Waals surface area contributed by atoms with E-state index in [-0.39, 0.29) is 24.2 Å². The van der Waals surface area contributed by atoms with Crippen molar-refractivity contribution in [2.45, 2.75) is 12.8 Å². The average Bonchev–Trinajstić information content (AvgIpc) is 3.21. The van der Waals surface area contributed by atoms with Gasteiger partial charge in [0.25, 0.3) is 0 Å². The molecule has 0 aromatic heterocycles. The fourth-order valence-corrected chi connectivity index (χ4v) is 5.08. The maximum absolute atomic E-state index is 12.9. The number of hydrogen-bond acceptors (Lipinski definition) is 5. The van der Waals surface area contributed by atoms with Gasteiger partial charge in [0.05, 0.1) is 5.56 Å². The van der Waals surface area contributed by atoms with Gasteiger partial charge in [0, 0.05) is 43.3 Å². The highest BCUT2D eigenvalue weighted by Gasteiger charge is 2.30. The van der Waals surface area contributed by atoms with Crippen LogP contribution in [0, 0.1) is 6.92 Å². The van der Waals surface area contributed by atoms with E-state index in [0.717, 1.165) is 0 Å². The molecule has 3 aromatic carbocycles. The number of nitrogens with zero attached hydrogens (tertiary/aromatic N) is 2. The third kappa shape index (κ3) is 4.14. The number of ether oxygens (including phenoxy) is 1. The van der Waals surface area contributed by atoms with Gasteiger partial charge in [0.1, 0.15) is 12.9 Å². The van der Waals surface area contributed by atoms with E-state index in [9.17, 15) is 19.5 Å². The number of aromatic carboxylic acids is 1. The van der Waals surface area contributed by atoms with E-state index in [4.69, 9.17) is 4.74 Å². The van der Waals surface area contributed by atoms with Gasteiger partial charge in [-0.2, -0.15) is 0 Å². The molecule has 1 saturated heterocycles. The van der Waals surface area contributed by atoms with Crippen LogP contribution in [0.25, 0.3) is 11.1 Å². The predicted octanol–water partition coefficient (Wildman–Crippen LogP) is 4.58. The summed E-state index contributed by atoms with van der Waals surface area (Å²) in [6.07, 6.45) is 0.327. The van der Waals surface area contributed by atoms with Crippen LogP contribution in [0.2, 0.25) is 0 Å². The number of benzene rings is 3. The van der Waals surface area contributed by atoms with Crippen molar-refractivity contribution in [1.82, 2.24) is 4.90 Å². The van der Waals surface area contributed by atoms with Gasteiger partial charge >= 0.3 is 12.1 Å². The molecule has 7 nitrogen and oxygen atoms in total. The van der Waals surface area contributed by atoms with Gasteiger partial charge in [0.15, 0.2) is 0 Å². The van der Waals surface area contributed by atoms with Crippen LogP contribution in [0.4, 0.5) is 10.5 Å². The van der Waals surface area contributed by atoms with Crippen LogP contribution in [-0.4, -0.2) is 61.1 Å². The van der Waals surface area contributed by atoms with Gasteiger partial charge in [-0.25, -0.2) is 9.59 Å². The average molecular weight is 471 g/mol. The Bertz CT molecular complexity index is 1260. The summed E-state index contributed by atoms with van der Waals surface area (Å²) in [7, 11) is 0. The number of anilines is 1. The second kappa shape index (κ2) is 9.25. The van der Waals surface area contributed by atoms with Gasteiger partial charge in [-0.3, -0.25) is 4.79 Å². The number of piperazine rings is 1. The quantitative estimate of drug-likeness (QED) is 0.550. The van der Waals surface area contributed by atoms with E-state index in [1.165, 1.54) is 22.3 Å². The Morgan fingerprint density at radius 3 is 2.14 bits per heavy atom. The zero-order valence-electron chi connectivity index (χ0n) is 19.4. The lowest BCUT2D eigenvalue weighted by Gasteiger charge is -2.36. The Labute approximate surface area is 203 Å². The standard InChI is InChI=1S/C28H26N2O5/c1-18-19(16-31)14-20(15-25(18)27(32)33)29-10-12-30(13-11-29)28(34)35-17-26-23-8-4-2-6-21(23)22-7-3-5-9-24(22)26/h2-9,14-16,26H,10-13,17H2,1H3,(H,32,33). The molecule has 1 aliphatic carbocycles. The first-order valence-corrected chi connectivity index (χ1v) is 11.7. The van der Waals surface area contributed by atoms with Crippen molar-refractivity contribution in [3.63, 3.8) is 0 Å². The molecule has 1 amide bonds. The highest BCUT2D eigenvalue weighted by atomic mass is 16.6. The molecule has 0 radical (unpaired) electrons. The molecule has 0 saturated carbocycles. The third-order valence-corrected chi connectivity index (χ3v) is 7.03. The van der Waals surface area contributed by atoms with Crippen molar-refractivity contribution in [3.8, 4) is 11.1 Å². The van der Waals surface area contributed by atoms with E-state index >= 15 is 0 Å². The van der Waals surface area contributed by atoms with Crippen LogP contribution in [0.5, 0.6) is 0 Å². The Kier molecular flexibility index (Phi) is 5.99. The van der Waals surface area contributed by atoms with Crippen LogP contribution in [0.15, 0.2) is 60.7 Å². The summed E-state index contributed by atoms with van der Waals surface area (Å²) in [6, 6.07) is 19.7. The normalized spacial score (nSPS) is 14.9. The summed E-state index contributed by atoms with van der Waals surface area (Å²) in [5.41, 5.74) is 6.31. The van der Waals surface area contributed by atoms with Crippen molar-refractivity contribution in [2.75, 3.05) is 37.7 Å². The summed E-state index contributed by atoms with van der Waals surface area (Å²) in [6.45, 7) is 3.84. The molecule has 7 heteroatoms. The minimum Gasteiger partial charge on any atom is -0.478 e. The molecule has 1 heterocycles. The monoisotopic (exact) mass is 470 g/mol. The SMILES string of the molecule is Cc1c(C=O)cc(N2CCN(C(=O)OCC3c4ccccc4-c4ccccc43)CC2)cc1C(=O)O. The molecule has 1 N–H and O–H groups in total. The van der Waals surface area contributed by atoms with Gasteiger partial charge in [-0.05, 0) is 46.9 Å². The molecule has 3 aromatic rings. The zero-order valence-corrected chi connectivity index (χ0v) is 19.4. The third-order valence-electron chi connectivity index (χ3n) is 7.03. The molecule has 0 bridgehead atoms. The Morgan fingerprint density at radius 1 is 0.971 bits per heavy atom. The summed E-state index contributed by atoms with van der Waals surface area (Å²) in [5, 5.41) is 9.49. The number of carbonyl (C=O) groups excluding carboxylic acids is 2. The second-order valence-electron chi connectivity index (χ2n) is 8.91. The maximum atomic E-state index is 12.9. The Morgan fingerprint density at radius 2 is 1.57 bits per heavy atom. The molecular weight excluding hydrogens is 444 g/mol. The Balaban J connectivity index is 1.24. The molecule has 0 atom stereocenters. The minimum absolute atomic E-state index is 0.0106. The van der Waals surface area contributed by atoms with Crippen molar-refractivity contribution < 1.29 is 24.2 Å². The molecule has 178 valence electrons. The predicted molar refractivity (Wildman–Crippen MR) is 132 cm³/mol. The Hall–Kier alpha value is -4.13. The summed E-state index contributed by atoms with van der Waals surface area (Å²) < 4.78 is 5.77. The van der Waals surface area contributed by atoms with E-state index in [1.54, 1.807) is 24.0 Å². The number of amides is 1. The molecule has 5 rings (SSSR count). The lowest BCUT2D eigenvalue weighted by Crippen LogP contribution is -2.49. The van der Waals surface area contributed by atoms with Crippen LogP contribution in [0.1, 0.15) is 43.3 Å². The van der Waals surface area contributed by atoms with Crippen molar-refractivity contribution in [2.24, 2.45) is 0 Å². The molecule has 2 aliphatic rings. The van der Waals surface area contributed by atoms with Crippen LogP contribution in [0.3, 0.4) is 0 Å². The number of carboxylic acid groups (broad SMARTS) is 1. The second-order valence-corrected chi connectivity index (χ2v) is 8.91. The maximum Gasteiger partial charge on any atom is 0.409 e. The first-order chi connectivity index (χ1) is 17.0. The van der Waals surface area contributed by atoms with Gasteiger partial charge in [0.2, 0.25) is 0 Å². The number of carbonyl (C=O) groups is 3. The number of hydrogen-bond donors (Lipinski definition) is 1. The lowest BCUT2D eigenvalue weighted by molar-refractivity contribution is 0.0696. The topological polar surface area (TPSA) is 87.2 Å². The van der Waals surface area contributed by atoms with E-state index in [0.29, 0.717) is 49.3 Å². The van der Waals surface area contributed by atoms with Gasteiger partial charge in [-0.15, -0.1) is 0 Å². The first kappa shape index (κ1) is 22.7. The molecule has 0 spiro atoms. The fraction of sp³-hybridized carbons (Fsp3) is 0.250. The van der Waals surface area contributed by atoms with Crippen LogP contribution >= 0.6 is 0 Å². The molecule has 1 fully saturated rings. The van der Waals surface area contributed by atoms with E-state index < -0.39 is 5.97 Å². The first-order valence-electron chi connectivity index (χ1n) is 11.7. The summed E-state index contributed by atoms with van der Waals surface area (Å²) in [4.78, 5) is 39.6. The van der Waals surface area contributed by atoms with Crippen molar-refractivity contribution in [3.05, 3.63) is 88.5 Å². The van der Waals surface area contributed by atoms with Crippen LogP contribution in [-0.2, 0) is 4.74 Å². The lowest BCUT2D eigenvalue weighted by atomic mass is 9.98. The highest BCUT2D eigenvalue weighted by Crippen LogP contribution is 2.44. The van der Waals surface area contributed by atoms with Gasteiger partial charge < -0.3 is 19.6 Å². The molecule has 1 aliphatic heterocycles. The number of carboxylic acids is 1. The van der Waals surface area contributed by atoms with Crippen LogP contribution < -0.4 is 4.90 Å². The number of aldehydes is 1. The zero-order chi connectivity index (χ0) is 24.5. The smallest absolute Gasteiger partial charge is 0.409 e. The molecule has 35 heavy (non-hydrogen) atoms. The summed E-state index contributed by atoms with van der Waals surface area (Å²) >= 11 is 0. The van der Waals surface area contributed by atoms with Gasteiger partial charge in [-0.1, -0.05) is 48.5 Å². The largest absolute Gasteiger partial charge is 0.478 e. The molecular formula is C28H26N2O5. The number of rotatable bonds is 5. The van der Waals surface area contributed by atoms with E-state index in [1.807, 2.05) is 29.2 Å². The minimum atomic E-state index is -1.07.